The Morgan fingerprint density at radius 2 is 1.91 bits per heavy atom. The molecule has 4 heterocycles. The molecular formula is C25H26N8O8S3. The second kappa shape index (κ2) is 12.9. The van der Waals surface area contributed by atoms with Gasteiger partial charge in [-0.05, 0) is 18.1 Å². The number of fused-ring (bicyclic) bond motifs is 1. The number of piperazine rings is 1. The fourth-order valence-electron chi connectivity index (χ4n) is 4.94. The number of imide groups is 1. The number of hydrogen-bond acceptors (Lipinski definition) is 13. The lowest BCUT2D eigenvalue weighted by Gasteiger charge is -2.56. The van der Waals surface area contributed by atoms with Crippen LogP contribution in [0.1, 0.15) is 18.5 Å². The van der Waals surface area contributed by atoms with Crippen molar-refractivity contribution >= 4 is 70.5 Å². The Hall–Kier alpha value is -4.04. The molecule has 3 aliphatic rings. The van der Waals surface area contributed by atoms with Crippen LogP contribution < -0.4 is 16.1 Å². The minimum absolute atomic E-state index is 0.0916. The van der Waals surface area contributed by atoms with E-state index in [0.29, 0.717) is 14.8 Å². The van der Waals surface area contributed by atoms with Crippen molar-refractivity contribution in [2.75, 3.05) is 31.1 Å². The first kappa shape index (κ1) is 31.4. The van der Waals surface area contributed by atoms with Gasteiger partial charge in [-0.25, -0.2) is 9.59 Å². The van der Waals surface area contributed by atoms with Crippen molar-refractivity contribution < 1.29 is 39.1 Å². The minimum Gasteiger partial charge on any atom is -0.477 e. The molecule has 2 fully saturated rings. The van der Waals surface area contributed by atoms with Gasteiger partial charge in [0.2, 0.25) is 11.6 Å². The van der Waals surface area contributed by atoms with Gasteiger partial charge >= 0.3 is 23.8 Å². The predicted molar refractivity (Wildman–Crippen MR) is 156 cm³/mol. The van der Waals surface area contributed by atoms with Crippen LogP contribution in [0.4, 0.5) is 4.79 Å². The molecule has 232 valence electrons. The van der Waals surface area contributed by atoms with E-state index in [-0.39, 0.29) is 42.4 Å². The number of urea groups is 1. The van der Waals surface area contributed by atoms with Crippen molar-refractivity contribution in [3.8, 4) is 0 Å². The molecule has 6 amide bonds. The summed E-state index contributed by atoms with van der Waals surface area (Å²) in [5.41, 5.74) is 1.73. The monoisotopic (exact) mass is 662 g/mol. The molecule has 2 saturated heterocycles. The maximum Gasteiger partial charge on any atom is 0.352 e. The number of hydrogen-bond donors (Lipinski definition) is 5. The lowest BCUT2D eigenvalue weighted by atomic mass is 9.94. The third-order valence-corrected chi connectivity index (χ3v) is 10.5. The van der Waals surface area contributed by atoms with Crippen LogP contribution in [-0.2, 0) is 24.0 Å². The maximum absolute atomic E-state index is 13.7. The van der Waals surface area contributed by atoms with Gasteiger partial charge < -0.3 is 25.8 Å². The van der Waals surface area contributed by atoms with E-state index in [0.717, 1.165) is 16.7 Å². The highest BCUT2D eigenvalue weighted by atomic mass is 32.2. The van der Waals surface area contributed by atoms with Crippen LogP contribution in [0.5, 0.6) is 0 Å². The smallest absolute Gasteiger partial charge is 0.352 e. The molecule has 0 radical (unpaired) electrons. The van der Waals surface area contributed by atoms with Crippen molar-refractivity contribution in [1.82, 2.24) is 41.0 Å². The number of carboxylic acids is 1. The van der Waals surface area contributed by atoms with Gasteiger partial charge in [-0.15, -0.1) is 22.0 Å². The predicted octanol–water partition coefficient (Wildman–Crippen LogP) is -0.183. The Kier molecular flexibility index (Phi) is 9.20. The van der Waals surface area contributed by atoms with E-state index in [1.54, 1.807) is 25.1 Å². The number of carbonyl (C=O) groups excluding carboxylic acids is 5. The van der Waals surface area contributed by atoms with Gasteiger partial charge in [0.1, 0.15) is 22.6 Å². The summed E-state index contributed by atoms with van der Waals surface area (Å²) in [4.78, 5) is 80.6. The highest BCUT2D eigenvalue weighted by Gasteiger charge is 2.66. The van der Waals surface area contributed by atoms with Crippen molar-refractivity contribution in [2.24, 2.45) is 0 Å². The molecule has 1 aromatic carbocycles. The SMILES string of the molecule is CCN1CCN(C(=O)NC(C(=O)N[C@]2(NO)C(=O)N3C(C(=O)O)=C(CSc4nncs4)CS[C@H]32)c2ccccc2)C(=O)C1=O. The number of β-lactam (4-membered cyclic amide) rings is 1. The zero-order valence-electron chi connectivity index (χ0n) is 23.0. The van der Waals surface area contributed by atoms with Crippen molar-refractivity contribution in [2.45, 2.75) is 28.3 Å². The Labute approximate surface area is 262 Å². The lowest BCUT2D eigenvalue weighted by molar-refractivity contribution is -0.171. The van der Waals surface area contributed by atoms with Gasteiger partial charge in [0, 0.05) is 31.1 Å². The van der Waals surface area contributed by atoms with Crippen LogP contribution in [0.2, 0.25) is 0 Å². The Morgan fingerprint density at radius 3 is 2.55 bits per heavy atom. The van der Waals surface area contributed by atoms with E-state index < -0.39 is 52.7 Å². The third kappa shape index (κ3) is 5.63. The van der Waals surface area contributed by atoms with Gasteiger partial charge in [0.25, 0.3) is 5.91 Å². The number of carbonyl (C=O) groups is 6. The summed E-state index contributed by atoms with van der Waals surface area (Å²) < 4.78 is 0.621. The van der Waals surface area contributed by atoms with Gasteiger partial charge in [0.15, 0.2) is 4.34 Å². The van der Waals surface area contributed by atoms with Crippen molar-refractivity contribution in [3.05, 3.63) is 52.7 Å². The lowest BCUT2D eigenvalue weighted by Crippen LogP contribution is -2.85. The summed E-state index contributed by atoms with van der Waals surface area (Å²) in [6.07, 6.45) is 0. The van der Waals surface area contributed by atoms with Crippen LogP contribution >= 0.6 is 34.9 Å². The van der Waals surface area contributed by atoms with Crippen molar-refractivity contribution in [3.63, 3.8) is 0 Å². The van der Waals surface area contributed by atoms with E-state index in [4.69, 9.17) is 0 Å². The van der Waals surface area contributed by atoms with E-state index in [9.17, 15) is 39.1 Å². The summed E-state index contributed by atoms with van der Waals surface area (Å²) >= 11 is 3.67. The first-order valence-corrected chi connectivity index (χ1v) is 16.0. The van der Waals surface area contributed by atoms with Crippen LogP contribution in [0.25, 0.3) is 0 Å². The topological polar surface area (TPSA) is 214 Å². The Bertz CT molecular complexity index is 1520. The number of aliphatic carboxylic acids is 1. The molecule has 5 rings (SSSR count). The maximum atomic E-state index is 13.7. The number of benzene rings is 1. The molecule has 0 saturated carbocycles. The zero-order chi connectivity index (χ0) is 31.6. The minimum atomic E-state index is -2.13. The second-order valence-electron chi connectivity index (χ2n) is 9.63. The number of nitrogens with one attached hydrogen (secondary N) is 3. The summed E-state index contributed by atoms with van der Waals surface area (Å²) in [6, 6.07) is 5.48. The van der Waals surface area contributed by atoms with Crippen LogP contribution in [0, 0.1) is 0 Å². The van der Waals surface area contributed by atoms with Crippen LogP contribution in [0.15, 0.2) is 51.5 Å². The highest BCUT2D eigenvalue weighted by molar-refractivity contribution is 8.01. The first-order chi connectivity index (χ1) is 21.1. The molecule has 44 heavy (non-hydrogen) atoms. The number of carboxylic acid groups (broad SMARTS) is 1. The average molecular weight is 663 g/mol. The molecule has 3 atom stereocenters. The highest BCUT2D eigenvalue weighted by Crippen LogP contribution is 2.46. The largest absolute Gasteiger partial charge is 0.477 e. The van der Waals surface area contributed by atoms with E-state index in [1.807, 2.05) is 5.48 Å². The Balaban J connectivity index is 1.36. The van der Waals surface area contributed by atoms with Gasteiger partial charge in [-0.2, -0.15) is 5.48 Å². The van der Waals surface area contributed by atoms with Crippen LogP contribution in [0.3, 0.4) is 0 Å². The third-order valence-electron chi connectivity index (χ3n) is 7.16. The van der Waals surface area contributed by atoms with Gasteiger partial charge in [0.05, 0.1) is 0 Å². The standard InChI is InChI=1S/C25H26N8O8S3/c1-2-31-8-9-32(19(36)18(31)35)23(40)27-15(13-6-4-3-5-7-13)17(34)28-25(30-41)21(39)33-16(20(37)38)14(10-42-22(25)33)11-43-24-29-26-12-44-24/h3-7,12,15,22,30,41H,2,8-11H2,1H3,(H,27,40)(H,28,34)(H,37,38)/t15?,22-,25-/m0/s1. The van der Waals surface area contributed by atoms with E-state index in [1.165, 1.54) is 45.6 Å². The molecule has 5 N–H and O–H groups in total. The second-order valence-corrected chi connectivity index (χ2v) is 12.8. The quantitative estimate of drug-likeness (QED) is 0.0735. The normalized spacial score (nSPS) is 22.4. The molecule has 2 aromatic rings. The molecule has 16 nitrogen and oxygen atoms in total. The first-order valence-electron chi connectivity index (χ1n) is 13.1. The molecule has 3 aliphatic heterocycles. The molecule has 1 aromatic heterocycles. The molecule has 0 aliphatic carbocycles. The number of amides is 6. The number of aromatic nitrogens is 2. The molecule has 19 heteroatoms. The van der Waals surface area contributed by atoms with E-state index in [2.05, 4.69) is 20.8 Å². The summed E-state index contributed by atoms with van der Waals surface area (Å²) in [5.74, 6) is -4.74. The Morgan fingerprint density at radius 1 is 1.16 bits per heavy atom. The number of thioether (sulfide) groups is 2. The number of rotatable bonds is 10. The molecule has 0 bridgehead atoms. The summed E-state index contributed by atoms with van der Waals surface area (Å²) in [5, 5.41) is 31.7. The van der Waals surface area contributed by atoms with Crippen LogP contribution in [-0.4, -0.2) is 113 Å². The number of likely N-dealkylation sites (N-methyl/N-ethyl adjacent to an activating group) is 1. The van der Waals surface area contributed by atoms with Gasteiger partial charge in [-0.3, -0.25) is 29.0 Å². The zero-order valence-corrected chi connectivity index (χ0v) is 25.4. The van der Waals surface area contributed by atoms with E-state index >= 15 is 0 Å². The average Bonchev–Trinajstić information content (AvgIpc) is 3.56. The number of hydroxylamine groups is 1. The van der Waals surface area contributed by atoms with Gasteiger partial charge in [-0.1, -0.05) is 53.4 Å². The summed E-state index contributed by atoms with van der Waals surface area (Å²) in [6.45, 7) is 2.02. The number of nitrogens with zero attached hydrogens (tertiary/aromatic N) is 5. The summed E-state index contributed by atoms with van der Waals surface area (Å²) in [7, 11) is 0. The fourth-order valence-corrected chi connectivity index (χ4v) is 7.97. The molecule has 1 unspecified atom stereocenters. The molecular weight excluding hydrogens is 637 g/mol. The fraction of sp³-hybridized carbons (Fsp3) is 0.360. The van der Waals surface area contributed by atoms with Crippen molar-refractivity contribution in [1.29, 1.82) is 0 Å². The molecule has 0 spiro atoms.